The molecule has 7 nitrogen and oxygen atoms in total. The van der Waals surface area contributed by atoms with Crippen molar-refractivity contribution in [2.24, 2.45) is 5.92 Å². The number of carbonyl (C=O) groups excluding carboxylic acids is 1. The number of carbonyl (C=O) groups is 1. The number of amides is 1. The normalized spacial score (nSPS) is 20.6. The minimum Gasteiger partial charge on any atom is -0.368 e. The van der Waals surface area contributed by atoms with Crippen molar-refractivity contribution in [3.05, 3.63) is 78.6 Å². The lowest BCUT2D eigenvalue weighted by Crippen LogP contribution is -2.52. The quantitative estimate of drug-likeness (QED) is 0.661. The molecule has 2 aromatic carbocycles. The Balaban J connectivity index is 1.26. The van der Waals surface area contributed by atoms with Gasteiger partial charge in [0.15, 0.2) is 0 Å². The van der Waals surface area contributed by atoms with Crippen molar-refractivity contribution in [3.8, 4) is 5.69 Å². The molecule has 2 aliphatic rings. The molecule has 0 aliphatic carbocycles. The van der Waals surface area contributed by atoms with E-state index in [9.17, 15) is 13.2 Å². The molecule has 160 valence electrons. The van der Waals surface area contributed by atoms with Crippen LogP contribution in [-0.4, -0.2) is 43.0 Å². The Labute approximate surface area is 181 Å². The van der Waals surface area contributed by atoms with Crippen LogP contribution in [0, 0.1) is 5.92 Å². The second kappa shape index (κ2) is 7.86. The van der Waals surface area contributed by atoms with Gasteiger partial charge in [0.1, 0.15) is 4.90 Å². The van der Waals surface area contributed by atoms with Crippen LogP contribution in [0.4, 0.5) is 5.69 Å². The van der Waals surface area contributed by atoms with E-state index in [1.54, 1.807) is 18.2 Å². The molecule has 1 saturated heterocycles. The number of sulfonamides is 1. The Morgan fingerprint density at radius 2 is 1.68 bits per heavy atom. The number of benzene rings is 2. The SMILES string of the molecule is O=C(c1cccc(-n2cccc2)c1)N1CCC([C@@H]2Nc3ccccc3S(=O)(=O)N2)CC1. The first kappa shape index (κ1) is 19.8. The van der Waals surface area contributed by atoms with Crippen molar-refractivity contribution >= 4 is 21.6 Å². The molecule has 1 atom stereocenters. The average molecular weight is 437 g/mol. The summed E-state index contributed by atoms with van der Waals surface area (Å²) in [5, 5.41) is 3.32. The van der Waals surface area contributed by atoms with Crippen molar-refractivity contribution in [1.82, 2.24) is 14.2 Å². The molecule has 0 saturated carbocycles. The molecule has 0 bridgehead atoms. The van der Waals surface area contributed by atoms with Gasteiger partial charge >= 0.3 is 0 Å². The molecule has 3 aromatic rings. The Morgan fingerprint density at radius 1 is 0.935 bits per heavy atom. The summed E-state index contributed by atoms with van der Waals surface area (Å²) in [6.07, 6.45) is 4.99. The smallest absolute Gasteiger partial charge is 0.253 e. The molecular formula is C23H24N4O3S. The van der Waals surface area contributed by atoms with Gasteiger partial charge in [-0.1, -0.05) is 18.2 Å². The third kappa shape index (κ3) is 3.84. The second-order valence-corrected chi connectivity index (χ2v) is 9.69. The van der Waals surface area contributed by atoms with E-state index >= 15 is 0 Å². The van der Waals surface area contributed by atoms with Gasteiger partial charge in [0.25, 0.3) is 5.91 Å². The Hall–Kier alpha value is -3.10. The minimum absolute atomic E-state index is 0.00925. The third-order valence-corrected chi connectivity index (χ3v) is 7.56. The van der Waals surface area contributed by atoms with Crippen LogP contribution in [0.5, 0.6) is 0 Å². The number of rotatable bonds is 3. The summed E-state index contributed by atoms with van der Waals surface area (Å²) in [5.74, 6) is 0.119. The number of likely N-dealkylation sites (tertiary alicyclic amines) is 1. The molecule has 5 rings (SSSR count). The summed E-state index contributed by atoms with van der Waals surface area (Å²) in [6, 6.07) is 18.5. The third-order valence-electron chi connectivity index (χ3n) is 6.06. The van der Waals surface area contributed by atoms with Crippen LogP contribution in [0.15, 0.2) is 78.0 Å². The minimum atomic E-state index is -3.54. The molecule has 0 spiro atoms. The summed E-state index contributed by atoms with van der Waals surface area (Å²) >= 11 is 0. The predicted octanol–water partition coefficient (Wildman–Crippen LogP) is 3.06. The fourth-order valence-electron chi connectivity index (χ4n) is 4.39. The van der Waals surface area contributed by atoms with Crippen LogP contribution in [0.2, 0.25) is 0 Å². The summed E-state index contributed by atoms with van der Waals surface area (Å²) < 4.78 is 29.9. The highest BCUT2D eigenvalue weighted by Gasteiger charge is 2.35. The van der Waals surface area contributed by atoms with Crippen LogP contribution in [0.25, 0.3) is 5.69 Å². The zero-order valence-electron chi connectivity index (χ0n) is 16.9. The van der Waals surface area contributed by atoms with Crippen molar-refractivity contribution in [1.29, 1.82) is 0 Å². The van der Waals surface area contributed by atoms with Crippen LogP contribution < -0.4 is 10.0 Å². The number of nitrogens with one attached hydrogen (secondary N) is 2. The van der Waals surface area contributed by atoms with Gasteiger partial charge in [-0.15, -0.1) is 0 Å². The van der Waals surface area contributed by atoms with Crippen LogP contribution in [0.1, 0.15) is 23.2 Å². The van der Waals surface area contributed by atoms with Crippen molar-refractivity contribution in [2.75, 3.05) is 18.4 Å². The number of hydrogen-bond donors (Lipinski definition) is 2. The summed E-state index contributed by atoms with van der Waals surface area (Å²) in [5.41, 5.74) is 2.24. The average Bonchev–Trinajstić information content (AvgIpc) is 3.33. The maximum absolute atomic E-state index is 13.1. The largest absolute Gasteiger partial charge is 0.368 e. The summed E-state index contributed by atoms with van der Waals surface area (Å²) in [4.78, 5) is 15.2. The zero-order valence-corrected chi connectivity index (χ0v) is 17.8. The van der Waals surface area contributed by atoms with Crippen LogP contribution >= 0.6 is 0 Å². The van der Waals surface area contributed by atoms with Crippen molar-refractivity contribution in [3.63, 3.8) is 0 Å². The fourth-order valence-corrected chi connectivity index (χ4v) is 5.77. The van der Waals surface area contributed by atoms with Crippen LogP contribution in [0.3, 0.4) is 0 Å². The van der Waals surface area contributed by atoms with Gasteiger partial charge in [-0.2, -0.15) is 4.72 Å². The Bertz CT molecular complexity index is 1200. The monoisotopic (exact) mass is 436 g/mol. The van der Waals surface area contributed by atoms with Gasteiger partial charge in [-0.25, -0.2) is 8.42 Å². The highest BCUT2D eigenvalue weighted by molar-refractivity contribution is 7.89. The molecule has 3 heterocycles. The predicted molar refractivity (Wildman–Crippen MR) is 119 cm³/mol. The van der Waals surface area contributed by atoms with E-state index < -0.39 is 10.0 Å². The van der Waals surface area contributed by atoms with Gasteiger partial charge in [-0.05, 0) is 61.2 Å². The van der Waals surface area contributed by atoms with E-state index in [1.807, 2.05) is 64.3 Å². The Kier molecular flexibility index (Phi) is 5.03. The number of para-hydroxylation sites is 1. The number of nitrogens with zero attached hydrogens (tertiary/aromatic N) is 2. The molecule has 1 amide bonds. The number of hydrogen-bond acceptors (Lipinski definition) is 4. The maximum Gasteiger partial charge on any atom is 0.253 e. The van der Waals surface area contributed by atoms with Gasteiger partial charge in [0, 0.05) is 36.7 Å². The maximum atomic E-state index is 13.1. The lowest BCUT2D eigenvalue weighted by Gasteiger charge is -2.39. The highest BCUT2D eigenvalue weighted by Crippen LogP contribution is 2.31. The molecule has 0 radical (unpaired) electrons. The molecule has 8 heteroatoms. The topological polar surface area (TPSA) is 83.4 Å². The number of aromatic nitrogens is 1. The molecule has 1 fully saturated rings. The number of anilines is 1. The van der Waals surface area contributed by atoms with Gasteiger partial charge in [0.2, 0.25) is 10.0 Å². The lowest BCUT2D eigenvalue weighted by molar-refractivity contribution is 0.0679. The molecule has 2 N–H and O–H groups in total. The van der Waals surface area contributed by atoms with E-state index in [2.05, 4.69) is 10.0 Å². The molecule has 2 aliphatic heterocycles. The first-order chi connectivity index (χ1) is 15.0. The molecule has 1 aromatic heterocycles. The number of fused-ring (bicyclic) bond motifs is 1. The molecule has 31 heavy (non-hydrogen) atoms. The first-order valence-electron chi connectivity index (χ1n) is 10.4. The highest BCUT2D eigenvalue weighted by atomic mass is 32.2. The van der Waals surface area contributed by atoms with E-state index in [0.29, 0.717) is 24.3 Å². The van der Waals surface area contributed by atoms with E-state index in [1.165, 1.54) is 0 Å². The summed E-state index contributed by atoms with van der Waals surface area (Å²) in [6.45, 7) is 1.19. The fraction of sp³-hybridized carbons (Fsp3) is 0.261. The van der Waals surface area contributed by atoms with Crippen molar-refractivity contribution in [2.45, 2.75) is 23.9 Å². The zero-order chi connectivity index (χ0) is 21.4. The van der Waals surface area contributed by atoms with Crippen LogP contribution in [-0.2, 0) is 10.0 Å². The summed E-state index contributed by atoms with van der Waals surface area (Å²) in [7, 11) is -3.54. The van der Waals surface area contributed by atoms with Gasteiger partial charge < -0.3 is 14.8 Å². The standard InChI is InChI=1S/C23H24N4O3S/c28-23(18-6-5-7-19(16-18)26-12-3-4-13-26)27-14-10-17(11-15-27)22-24-20-8-1-2-9-21(20)31(29,30)25-22/h1-9,12-13,16-17,22,24-25H,10-11,14-15H2/t22-/m1/s1. The van der Waals surface area contributed by atoms with Gasteiger partial charge in [-0.3, -0.25) is 4.79 Å². The van der Waals surface area contributed by atoms with Gasteiger partial charge in [0.05, 0.1) is 11.9 Å². The van der Waals surface area contributed by atoms with Crippen molar-refractivity contribution < 1.29 is 13.2 Å². The lowest BCUT2D eigenvalue weighted by atomic mass is 9.93. The van der Waals surface area contributed by atoms with E-state index in [4.69, 9.17) is 0 Å². The van der Waals surface area contributed by atoms with E-state index in [-0.39, 0.29) is 22.9 Å². The second-order valence-electron chi connectivity index (χ2n) is 8.01. The number of piperidine rings is 1. The molecule has 0 unspecified atom stereocenters. The first-order valence-corrected chi connectivity index (χ1v) is 11.9. The van der Waals surface area contributed by atoms with E-state index in [0.717, 1.165) is 18.5 Å². The Morgan fingerprint density at radius 3 is 2.45 bits per heavy atom. The molecular weight excluding hydrogens is 412 g/mol.